The van der Waals surface area contributed by atoms with Gasteiger partial charge in [0.1, 0.15) is 11.5 Å². The number of hydrogen-bond acceptors (Lipinski definition) is 6. The molecule has 0 atom stereocenters. The van der Waals surface area contributed by atoms with Gasteiger partial charge in [0.25, 0.3) is 0 Å². The van der Waals surface area contributed by atoms with Gasteiger partial charge in [-0.2, -0.15) is 0 Å². The van der Waals surface area contributed by atoms with Crippen molar-refractivity contribution in [1.29, 1.82) is 0 Å². The third-order valence-electron chi connectivity index (χ3n) is 2.07. The average Bonchev–Trinajstić information content (AvgIpc) is 2.45. The van der Waals surface area contributed by atoms with Gasteiger partial charge in [-0.3, -0.25) is 0 Å². The van der Waals surface area contributed by atoms with Gasteiger partial charge in [-0.05, 0) is 12.1 Å². The van der Waals surface area contributed by atoms with Crippen molar-refractivity contribution in [3.05, 3.63) is 49.1 Å². The van der Waals surface area contributed by atoms with Gasteiger partial charge < -0.3 is 14.2 Å². The Hall–Kier alpha value is -2.89. The third kappa shape index (κ3) is 4.09. The summed E-state index contributed by atoms with van der Waals surface area (Å²) in [6, 6.07) is 3.83. The predicted molar refractivity (Wildman–Crippen MR) is 69.4 cm³/mol. The van der Waals surface area contributed by atoms with E-state index in [1.165, 1.54) is 25.3 Å². The van der Waals surface area contributed by atoms with E-state index in [9.17, 15) is 14.4 Å². The van der Waals surface area contributed by atoms with Gasteiger partial charge in [0.05, 0.1) is 12.7 Å². The number of carbonyl (C=O) groups excluding carboxylic acids is 3. The van der Waals surface area contributed by atoms with Crippen molar-refractivity contribution >= 4 is 17.9 Å². The van der Waals surface area contributed by atoms with Crippen molar-refractivity contribution in [2.45, 2.75) is 0 Å². The minimum atomic E-state index is -0.715. The molecule has 0 amide bonds. The fraction of sp³-hybridized carbons (Fsp3) is 0.0714. The standard InChI is InChI=1S/C14H12O6/c1-4-12(15)19-10-6-9(14(17)18-3)7-11(8-10)20-13(16)5-2/h4-8H,1-2H2,3H3. The van der Waals surface area contributed by atoms with Crippen LogP contribution < -0.4 is 9.47 Å². The first-order valence-electron chi connectivity index (χ1n) is 5.42. The van der Waals surface area contributed by atoms with Crippen LogP contribution in [0.4, 0.5) is 0 Å². The van der Waals surface area contributed by atoms with E-state index < -0.39 is 17.9 Å². The second-order valence-electron chi connectivity index (χ2n) is 3.44. The van der Waals surface area contributed by atoms with E-state index in [1.54, 1.807) is 0 Å². The quantitative estimate of drug-likeness (QED) is 0.462. The molecule has 0 aliphatic carbocycles. The maximum atomic E-state index is 11.5. The van der Waals surface area contributed by atoms with Crippen LogP contribution in [-0.4, -0.2) is 25.0 Å². The summed E-state index contributed by atoms with van der Waals surface area (Å²) in [5, 5.41) is 0. The van der Waals surface area contributed by atoms with E-state index in [-0.39, 0.29) is 17.1 Å². The van der Waals surface area contributed by atoms with Crippen molar-refractivity contribution in [3.8, 4) is 11.5 Å². The van der Waals surface area contributed by atoms with Crippen LogP contribution in [0.3, 0.4) is 0 Å². The highest BCUT2D eigenvalue weighted by atomic mass is 16.5. The lowest BCUT2D eigenvalue weighted by Crippen LogP contribution is -2.08. The van der Waals surface area contributed by atoms with Gasteiger partial charge >= 0.3 is 17.9 Å². The molecule has 0 aliphatic heterocycles. The molecule has 6 nitrogen and oxygen atoms in total. The summed E-state index contributed by atoms with van der Waals surface area (Å²) < 4.78 is 14.3. The molecule has 1 aromatic carbocycles. The van der Waals surface area contributed by atoms with Crippen molar-refractivity contribution < 1.29 is 28.6 Å². The first kappa shape index (κ1) is 15.2. The Morgan fingerprint density at radius 1 is 0.950 bits per heavy atom. The van der Waals surface area contributed by atoms with E-state index in [0.29, 0.717) is 0 Å². The first-order valence-corrected chi connectivity index (χ1v) is 5.42. The summed E-state index contributed by atoms with van der Waals surface area (Å²) in [4.78, 5) is 33.8. The first-order chi connectivity index (χ1) is 9.49. The molecule has 0 heterocycles. The smallest absolute Gasteiger partial charge is 0.338 e. The van der Waals surface area contributed by atoms with Gasteiger partial charge in [-0.1, -0.05) is 13.2 Å². The minimum Gasteiger partial charge on any atom is -0.465 e. The van der Waals surface area contributed by atoms with E-state index in [2.05, 4.69) is 17.9 Å². The summed E-state index contributed by atoms with van der Waals surface area (Å²) >= 11 is 0. The highest BCUT2D eigenvalue weighted by Gasteiger charge is 2.13. The number of carbonyl (C=O) groups is 3. The molecule has 0 aliphatic rings. The molecule has 1 aromatic rings. The summed E-state index contributed by atoms with van der Waals surface area (Å²) in [5.74, 6) is -2.06. The maximum Gasteiger partial charge on any atom is 0.338 e. The van der Waals surface area contributed by atoms with E-state index in [1.807, 2.05) is 0 Å². The van der Waals surface area contributed by atoms with Crippen LogP contribution in [0.5, 0.6) is 11.5 Å². The molecule has 6 heteroatoms. The van der Waals surface area contributed by atoms with E-state index in [4.69, 9.17) is 9.47 Å². The van der Waals surface area contributed by atoms with Gasteiger partial charge in [-0.25, -0.2) is 14.4 Å². The molecular formula is C14H12O6. The fourth-order valence-electron chi connectivity index (χ4n) is 1.24. The van der Waals surface area contributed by atoms with Crippen molar-refractivity contribution in [2.24, 2.45) is 0 Å². The number of esters is 3. The summed E-state index contributed by atoms with van der Waals surface area (Å²) in [7, 11) is 1.19. The number of rotatable bonds is 5. The largest absolute Gasteiger partial charge is 0.465 e. The SMILES string of the molecule is C=CC(=O)Oc1cc(OC(=O)C=C)cc(C(=O)OC)c1. The van der Waals surface area contributed by atoms with Crippen LogP contribution >= 0.6 is 0 Å². The molecule has 20 heavy (non-hydrogen) atoms. The molecule has 0 aromatic heterocycles. The number of ether oxygens (including phenoxy) is 3. The number of benzene rings is 1. The molecule has 0 radical (unpaired) electrons. The normalized spacial score (nSPS) is 9.25. The average molecular weight is 276 g/mol. The summed E-state index contributed by atoms with van der Waals surface area (Å²) in [5.41, 5.74) is 0.0636. The topological polar surface area (TPSA) is 78.9 Å². The predicted octanol–water partition coefficient (Wildman–Crippen LogP) is 1.66. The Balaban J connectivity index is 3.16. The number of hydrogen-bond donors (Lipinski definition) is 0. The third-order valence-corrected chi connectivity index (χ3v) is 2.07. The molecule has 0 fully saturated rings. The van der Waals surface area contributed by atoms with Gasteiger partial charge in [0, 0.05) is 18.2 Å². The van der Waals surface area contributed by atoms with Crippen LogP contribution in [0.2, 0.25) is 0 Å². The Labute approximate surface area is 115 Å². The summed E-state index contributed by atoms with van der Waals surface area (Å²) in [6.07, 6.45) is 1.92. The molecule has 1 rings (SSSR count). The molecule has 0 saturated carbocycles. The molecule has 0 bridgehead atoms. The monoisotopic (exact) mass is 276 g/mol. The molecular weight excluding hydrogens is 264 g/mol. The van der Waals surface area contributed by atoms with Crippen LogP contribution in [0.15, 0.2) is 43.5 Å². The van der Waals surface area contributed by atoms with Crippen LogP contribution in [0.1, 0.15) is 10.4 Å². The van der Waals surface area contributed by atoms with Crippen LogP contribution in [0, 0.1) is 0 Å². The minimum absolute atomic E-state index is 0.0182. The Kier molecular flexibility index (Phi) is 5.22. The van der Waals surface area contributed by atoms with Crippen LogP contribution in [0.25, 0.3) is 0 Å². The van der Waals surface area contributed by atoms with Gasteiger partial charge in [0.15, 0.2) is 0 Å². The zero-order valence-corrected chi connectivity index (χ0v) is 10.8. The lowest BCUT2D eigenvalue weighted by molar-refractivity contribution is -0.129. The van der Waals surface area contributed by atoms with E-state index in [0.717, 1.165) is 12.2 Å². The molecule has 0 saturated heterocycles. The Morgan fingerprint density at radius 2 is 1.40 bits per heavy atom. The number of methoxy groups -OCH3 is 1. The second-order valence-corrected chi connectivity index (χ2v) is 3.44. The van der Waals surface area contributed by atoms with Gasteiger partial charge in [-0.15, -0.1) is 0 Å². The highest BCUT2D eigenvalue weighted by Crippen LogP contribution is 2.24. The zero-order chi connectivity index (χ0) is 15.1. The summed E-state index contributed by atoms with van der Waals surface area (Å²) in [6.45, 7) is 6.50. The van der Waals surface area contributed by atoms with Crippen LogP contribution in [-0.2, 0) is 14.3 Å². The van der Waals surface area contributed by atoms with Crippen molar-refractivity contribution in [1.82, 2.24) is 0 Å². The molecule has 0 unspecified atom stereocenters. The van der Waals surface area contributed by atoms with Crippen molar-refractivity contribution in [3.63, 3.8) is 0 Å². The Bertz CT molecular complexity index is 533. The zero-order valence-electron chi connectivity index (χ0n) is 10.8. The molecule has 104 valence electrons. The molecule has 0 N–H and O–H groups in total. The lowest BCUT2D eigenvalue weighted by Gasteiger charge is -2.08. The maximum absolute atomic E-state index is 11.5. The second kappa shape index (κ2) is 6.89. The Morgan fingerprint density at radius 3 is 1.75 bits per heavy atom. The molecule has 0 spiro atoms. The highest BCUT2D eigenvalue weighted by molar-refractivity contribution is 5.91. The lowest BCUT2D eigenvalue weighted by atomic mass is 10.2. The van der Waals surface area contributed by atoms with E-state index >= 15 is 0 Å². The van der Waals surface area contributed by atoms with Gasteiger partial charge in [0.2, 0.25) is 0 Å². The fourth-order valence-corrected chi connectivity index (χ4v) is 1.24. The van der Waals surface area contributed by atoms with Crippen molar-refractivity contribution in [2.75, 3.05) is 7.11 Å².